The molecule has 0 amide bonds. The van der Waals surface area contributed by atoms with Crippen LogP contribution in [-0.4, -0.2) is 31.2 Å². The van der Waals surface area contributed by atoms with E-state index in [2.05, 4.69) is 20.4 Å². The average Bonchev–Trinajstić information content (AvgIpc) is 3.40. The van der Waals surface area contributed by atoms with E-state index in [1.54, 1.807) is 6.92 Å². The number of ether oxygens (including phenoxy) is 1. The summed E-state index contributed by atoms with van der Waals surface area (Å²) in [5.74, 6) is 0.0210. The summed E-state index contributed by atoms with van der Waals surface area (Å²) in [6.07, 6.45) is 0. The molecule has 26 heavy (non-hydrogen) atoms. The van der Waals surface area contributed by atoms with Crippen molar-refractivity contribution < 1.29 is 13.9 Å². The maximum absolute atomic E-state index is 12.3. The highest BCUT2D eigenvalue weighted by Crippen LogP contribution is 2.23. The summed E-state index contributed by atoms with van der Waals surface area (Å²) in [7, 11) is 0. The number of benzene rings is 1. The monoisotopic (exact) mass is 367 g/mol. The normalized spacial score (nSPS) is 10.8. The standard InChI is InChI=1S/C17H13N5O3S/c1-11-15(21-22(20-11)12-6-3-2-4-7-12)17(23)24-10-14-18-19-16(25-14)13-8-5-9-26-13/h2-9H,10H2,1H3. The zero-order valence-corrected chi connectivity index (χ0v) is 14.5. The number of rotatable bonds is 5. The first kappa shape index (κ1) is 16.2. The number of aromatic nitrogens is 5. The summed E-state index contributed by atoms with van der Waals surface area (Å²) in [6.45, 7) is 1.57. The number of para-hydroxylation sites is 1. The van der Waals surface area contributed by atoms with Crippen LogP contribution in [0, 0.1) is 6.92 Å². The van der Waals surface area contributed by atoms with Gasteiger partial charge in [0.15, 0.2) is 12.3 Å². The van der Waals surface area contributed by atoms with Crippen LogP contribution in [-0.2, 0) is 11.3 Å². The molecular weight excluding hydrogens is 354 g/mol. The minimum atomic E-state index is -0.597. The number of hydrogen-bond acceptors (Lipinski definition) is 8. The molecule has 0 saturated carbocycles. The van der Waals surface area contributed by atoms with Crippen LogP contribution in [0.25, 0.3) is 16.5 Å². The van der Waals surface area contributed by atoms with Crippen molar-refractivity contribution in [2.45, 2.75) is 13.5 Å². The number of esters is 1. The Balaban J connectivity index is 1.45. The van der Waals surface area contributed by atoms with Gasteiger partial charge in [0.2, 0.25) is 0 Å². The van der Waals surface area contributed by atoms with Gasteiger partial charge in [0, 0.05) is 0 Å². The van der Waals surface area contributed by atoms with Gasteiger partial charge in [-0.2, -0.15) is 9.90 Å². The Bertz CT molecular complexity index is 1020. The fraction of sp³-hybridized carbons (Fsp3) is 0.118. The molecule has 9 heteroatoms. The first-order valence-corrected chi connectivity index (χ1v) is 8.61. The first-order valence-electron chi connectivity index (χ1n) is 7.73. The van der Waals surface area contributed by atoms with Gasteiger partial charge >= 0.3 is 5.97 Å². The molecule has 0 atom stereocenters. The molecule has 3 heterocycles. The van der Waals surface area contributed by atoms with Crippen LogP contribution in [0.15, 0.2) is 52.3 Å². The molecule has 4 aromatic rings. The molecule has 8 nitrogen and oxygen atoms in total. The third-order valence-corrected chi connectivity index (χ3v) is 4.35. The van der Waals surface area contributed by atoms with Crippen molar-refractivity contribution in [2.75, 3.05) is 0 Å². The molecule has 0 bridgehead atoms. The zero-order valence-electron chi connectivity index (χ0n) is 13.7. The molecule has 0 N–H and O–H groups in total. The molecule has 0 aliphatic carbocycles. The van der Waals surface area contributed by atoms with Crippen molar-refractivity contribution >= 4 is 17.3 Å². The number of carbonyl (C=O) groups excluding carboxylic acids is 1. The van der Waals surface area contributed by atoms with Crippen molar-refractivity contribution in [2.24, 2.45) is 0 Å². The van der Waals surface area contributed by atoms with E-state index in [1.807, 2.05) is 47.8 Å². The van der Waals surface area contributed by atoms with Gasteiger partial charge in [-0.3, -0.25) is 0 Å². The Morgan fingerprint density at radius 1 is 1.15 bits per heavy atom. The topological polar surface area (TPSA) is 95.9 Å². The number of nitrogens with zero attached hydrogens (tertiary/aromatic N) is 5. The number of aryl methyl sites for hydroxylation is 1. The van der Waals surface area contributed by atoms with Crippen LogP contribution >= 0.6 is 11.3 Å². The largest absolute Gasteiger partial charge is 0.451 e. The van der Waals surface area contributed by atoms with Crippen LogP contribution in [0.4, 0.5) is 0 Å². The predicted octanol–water partition coefficient (Wildman–Crippen LogP) is 3.04. The van der Waals surface area contributed by atoms with E-state index in [4.69, 9.17) is 9.15 Å². The van der Waals surface area contributed by atoms with Gasteiger partial charge in [-0.25, -0.2) is 4.79 Å². The van der Waals surface area contributed by atoms with Crippen LogP contribution in [0.3, 0.4) is 0 Å². The summed E-state index contributed by atoms with van der Waals surface area (Å²) >= 11 is 1.49. The molecule has 0 aliphatic rings. The van der Waals surface area contributed by atoms with Crippen molar-refractivity contribution in [3.63, 3.8) is 0 Å². The lowest BCUT2D eigenvalue weighted by Gasteiger charge is -1.99. The molecule has 0 saturated heterocycles. The van der Waals surface area contributed by atoms with Gasteiger partial charge in [0.05, 0.1) is 16.3 Å². The predicted molar refractivity (Wildman–Crippen MR) is 92.8 cm³/mol. The van der Waals surface area contributed by atoms with E-state index in [0.29, 0.717) is 11.6 Å². The van der Waals surface area contributed by atoms with Crippen molar-refractivity contribution in [3.05, 3.63) is 65.1 Å². The summed E-state index contributed by atoms with van der Waals surface area (Å²) in [6, 6.07) is 13.1. The molecule has 0 unspecified atom stereocenters. The van der Waals surface area contributed by atoms with Gasteiger partial charge < -0.3 is 9.15 Å². The Labute approximate surface area is 152 Å². The average molecular weight is 367 g/mol. The molecule has 0 spiro atoms. The van der Waals surface area contributed by atoms with E-state index in [9.17, 15) is 4.79 Å². The first-order chi connectivity index (χ1) is 12.7. The fourth-order valence-electron chi connectivity index (χ4n) is 2.25. The molecule has 0 radical (unpaired) electrons. The van der Waals surface area contributed by atoms with Gasteiger partial charge in [0.1, 0.15) is 0 Å². The minimum Gasteiger partial charge on any atom is -0.451 e. The van der Waals surface area contributed by atoms with E-state index < -0.39 is 5.97 Å². The summed E-state index contributed by atoms with van der Waals surface area (Å²) in [5, 5.41) is 18.2. The maximum atomic E-state index is 12.3. The molecule has 0 fully saturated rings. The Morgan fingerprint density at radius 3 is 2.77 bits per heavy atom. The highest BCUT2D eigenvalue weighted by molar-refractivity contribution is 7.13. The Hall–Kier alpha value is -3.33. The molecule has 4 rings (SSSR count). The quantitative estimate of drug-likeness (QED) is 0.500. The summed E-state index contributed by atoms with van der Waals surface area (Å²) in [4.78, 5) is 14.5. The molecular formula is C17H13N5O3S. The summed E-state index contributed by atoms with van der Waals surface area (Å²) in [5.41, 5.74) is 1.38. The van der Waals surface area contributed by atoms with Crippen molar-refractivity contribution in [3.8, 4) is 16.5 Å². The zero-order chi connectivity index (χ0) is 17.9. The number of carbonyl (C=O) groups is 1. The Kier molecular flexibility index (Phi) is 4.28. The van der Waals surface area contributed by atoms with Crippen LogP contribution in [0.1, 0.15) is 22.1 Å². The highest BCUT2D eigenvalue weighted by Gasteiger charge is 2.19. The minimum absolute atomic E-state index is 0.130. The van der Waals surface area contributed by atoms with Gasteiger partial charge in [-0.1, -0.05) is 24.3 Å². The lowest BCUT2D eigenvalue weighted by atomic mass is 10.3. The molecule has 130 valence electrons. The van der Waals surface area contributed by atoms with Crippen LogP contribution < -0.4 is 0 Å². The molecule has 1 aromatic carbocycles. The smallest absolute Gasteiger partial charge is 0.361 e. The number of thiophene rings is 1. The summed E-state index contributed by atoms with van der Waals surface area (Å²) < 4.78 is 10.7. The third kappa shape index (κ3) is 3.24. The van der Waals surface area contributed by atoms with Crippen molar-refractivity contribution in [1.82, 2.24) is 25.2 Å². The van der Waals surface area contributed by atoms with E-state index in [0.717, 1.165) is 10.6 Å². The van der Waals surface area contributed by atoms with E-state index in [-0.39, 0.29) is 18.2 Å². The van der Waals surface area contributed by atoms with Crippen LogP contribution in [0.2, 0.25) is 0 Å². The lowest BCUT2D eigenvalue weighted by molar-refractivity contribution is 0.0430. The van der Waals surface area contributed by atoms with Gasteiger partial charge in [0.25, 0.3) is 11.8 Å². The second kappa shape index (κ2) is 6.89. The molecule has 3 aromatic heterocycles. The van der Waals surface area contributed by atoms with E-state index in [1.165, 1.54) is 16.1 Å². The second-order valence-electron chi connectivity index (χ2n) is 5.31. The Morgan fingerprint density at radius 2 is 2.00 bits per heavy atom. The van der Waals surface area contributed by atoms with Gasteiger partial charge in [-0.15, -0.1) is 26.6 Å². The fourth-order valence-corrected chi connectivity index (χ4v) is 2.90. The maximum Gasteiger partial charge on any atom is 0.361 e. The molecule has 0 aliphatic heterocycles. The third-order valence-electron chi connectivity index (χ3n) is 3.49. The number of hydrogen-bond donors (Lipinski definition) is 0. The van der Waals surface area contributed by atoms with Crippen LogP contribution in [0.5, 0.6) is 0 Å². The highest BCUT2D eigenvalue weighted by atomic mass is 32.1. The van der Waals surface area contributed by atoms with Crippen molar-refractivity contribution in [1.29, 1.82) is 0 Å². The SMILES string of the molecule is Cc1nn(-c2ccccc2)nc1C(=O)OCc1nnc(-c2cccs2)o1. The van der Waals surface area contributed by atoms with E-state index >= 15 is 0 Å². The second-order valence-corrected chi connectivity index (χ2v) is 6.26. The lowest BCUT2D eigenvalue weighted by Crippen LogP contribution is -2.08. The van der Waals surface area contributed by atoms with Gasteiger partial charge in [-0.05, 0) is 30.5 Å².